The minimum atomic E-state index is -0.264. The zero-order valence-electron chi connectivity index (χ0n) is 23.5. The van der Waals surface area contributed by atoms with E-state index in [1.807, 2.05) is 0 Å². The van der Waals surface area contributed by atoms with Crippen LogP contribution in [0.3, 0.4) is 0 Å². The number of ether oxygens (including phenoxy) is 1. The minimum absolute atomic E-state index is 0.0597. The van der Waals surface area contributed by atoms with Crippen molar-refractivity contribution in [2.45, 2.75) is 94.9 Å². The number of amides is 1. The van der Waals surface area contributed by atoms with Crippen LogP contribution in [-0.4, -0.2) is 43.1 Å². The number of carbonyl (C=O) groups is 1. The maximum atomic E-state index is 14.6. The lowest BCUT2D eigenvalue weighted by Gasteiger charge is -2.47. The first-order valence-corrected chi connectivity index (χ1v) is 15.4. The van der Waals surface area contributed by atoms with Crippen molar-refractivity contribution in [2.24, 2.45) is 11.8 Å². The number of rotatable bonds is 7. The van der Waals surface area contributed by atoms with Gasteiger partial charge in [0.1, 0.15) is 5.75 Å². The Bertz CT molecular complexity index is 1110. The molecule has 4 aliphatic rings. The molecule has 6 rings (SSSR count). The molecule has 0 spiro atoms. The third-order valence-electron chi connectivity index (χ3n) is 10.3. The molecule has 2 aromatic rings. The van der Waals surface area contributed by atoms with Crippen LogP contribution in [0.5, 0.6) is 5.75 Å². The predicted molar refractivity (Wildman–Crippen MR) is 154 cm³/mol. The zero-order valence-corrected chi connectivity index (χ0v) is 23.5. The van der Waals surface area contributed by atoms with Crippen LogP contribution in [0.4, 0.5) is 0 Å². The molecule has 4 nitrogen and oxygen atoms in total. The van der Waals surface area contributed by atoms with Crippen LogP contribution >= 0.6 is 0 Å². The molecule has 204 valence electrons. The molecule has 0 bridgehead atoms. The summed E-state index contributed by atoms with van der Waals surface area (Å²) in [5.41, 5.74) is 3.78. The lowest BCUT2D eigenvalue weighted by Crippen LogP contribution is -2.54. The fraction of sp³-hybridized carbons (Fsp3) is 0.618. The quantitative estimate of drug-likeness (QED) is 0.442. The molecule has 0 aromatic heterocycles. The molecular formula is C34H46N2O2. The summed E-state index contributed by atoms with van der Waals surface area (Å²) >= 11 is 0. The van der Waals surface area contributed by atoms with Gasteiger partial charge in [-0.3, -0.25) is 4.79 Å². The molecule has 38 heavy (non-hydrogen) atoms. The van der Waals surface area contributed by atoms with E-state index in [2.05, 4.69) is 72.6 Å². The Labute approximate surface area is 229 Å². The Morgan fingerprint density at radius 2 is 1.76 bits per heavy atom. The normalized spacial score (nSPS) is 30.4. The summed E-state index contributed by atoms with van der Waals surface area (Å²) in [5, 5.41) is 3.64. The summed E-state index contributed by atoms with van der Waals surface area (Å²) in [6.07, 6.45) is 11.2. The van der Waals surface area contributed by atoms with Crippen molar-refractivity contribution in [1.29, 1.82) is 0 Å². The summed E-state index contributed by atoms with van der Waals surface area (Å²) in [4.78, 5) is 17.0. The Morgan fingerprint density at radius 1 is 0.974 bits per heavy atom. The number of nitrogens with zero attached hydrogens (tertiary/aromatic N) is 1. The molecule has 2 saturated heterocycles. The van der Waals surface area contributed by atoms with Crippen LogP contribution in [-0.2, 0) is 10.2 Å². The molecule has 4 atom stereocenters. The summed E-state index contributed by atoms with van der Waals surface area (Å²) in [5.74, 6) is 3.19. The highest BCUT2D eigenvalue weighted by atomic mass is 16.5. The SMILES string of the molecule is CCOc1c(C2CC2)cccc1C1(C)CNCC1C(=O)N1CCC(c2ccccc2)CC1C1CCCCC1. The zero-order chi connectivity index (χ0) is 26.1. The van der Waals surface area contributed by atoms with Crippen LogP contribution in [0.2, 0.25) is 0 Å². The van der Waals surface area contributed by atoms with Crippen molar-refractivity contribution in [3.05, 3.63) is 65.2 Å². The third-order valence-corrected chi connectivity index (χ3v) is 10.3. The van der Waals surface area contributed by atoms with Gasteiger partial charge in [0.15, 0.2) is 0 Å². The van der Waals surface area contributed by atoms with Crippen LogP contribution < -0.4 is 10.1 Å². The Morgan fingerprint density at radius 3 is 2.50 bits per heavy atom. The number of carbonyl (C=O) groups excluding carboxylic acids is 1. The highest BCUT2D eigenvalue weighted by Crippen LogP contribution is 2.50. The molecular weight excluding hydrogens is 468 g/mol. The molecule has 0 radical (unpaired) electrons. The van der Waals surface area contributed by atoms with E-state index in [9.17, 15) is 4.79 Å². The summed E-state index contributed by atoms with van der Waals surface area (Å²) in [7, 11) is 0. The fourth-order valence-corrected chi connectivity index (χ4v) is 7.96. The van der Waals surface area contributed by atoms with E-state index < -0.39 is 0 Å². The van der Waals surface area contributed by atoms with Crippen molar-refractivity contribution in [3.8, 4) is 5.75 Å². The summed E-state index contributed by atoms with van der Waals surface area (Å²) in [6.45, 7) is 7.52. The maximum absolute atomic E-state index is 14.6. The highest BCUT2D eigenvalue weighted by molar-refractivity contribution is 5.82. The van der Waals surface area contributed by atoms with Crippen LogP contribution in [0.15, 0.2) is 48.5 Å². The molecule has 2 aromatic carbocycles. The standard InChI is InChI=1S/C34H46N2O2/c1-3-38-32-28(25-17-18-25)15-10-16-29(32)34(2)23-35-22-30(34)33(37)36-20-19-27(24-11-6-4-7-12-24)21-31(36)26-13-8-5-9-14-26/h4,6-7,10-12,15-16,25-27,30-31,35H,3,5,8-9,13-14,17-23H2,1-2H3. The van der Waals surface area contributed by atoms with E-state index in [0.717, 1.165) is 38.2 Å². The van der Waals surface area contributed by atoms with Crippen molar-refractivity contribution in [1.82, 2.24) is 10.2 Å². The molecule has 2 aliphatic heterocycles. The number of likely N-dealkylation sites (tertiary alicyclic amines) is 1. The third kappa shape index (κ3) is 4.90. The highest BCUT2D eigenvalue weighted by Gasteiger charge is 2.50. The van der Waals surface area contributed by atoms with Gasteiger partial charge in [0.05, 0.1) is 12.5 Å². The van der Waals surface area contributed by atoms with Gasteiger partial charge in [0, 0.05) is 36.7 Å². The monoisotopic (exact) mass is 514 g/mol. The van der Waals surface area contributed by atoms with E-state index in [4.69, 9.17) is 4.74 Å². The van der Waals surface area contributed by atoms with Crippen LogP contribution in [0.1, 0.15) is 100 Å². The van der Waals surface area contributed by atoms with Gasteiger partial charge >= 0.3 is 0 Å². The van der Waals surface area contributed by atoms with Crippen molar-refractivity contribution < 1.29 is 9.53 Å². The van der Waals surface area contributed by atoms with Crippen molar-refractivity contribution in [3.63, 3.8) is 0 Å². The first-order valence-electron chi connectivity index (χ1n) is 15.4. The molecule has 1 N–H and O–H groups in total. The van der Waals surface area contributed by atoms with E-state index in [1.165, 1.54) is 61.6 Å². The van der Waals surface area contributed by atoms with Crippen molar-refractivity contribution in [2.75, 3.05) is 26.2 Å². The summed E-state index contributed by atoms with van der Waals surface area (Å²) in [6, 6.07) is 18.1. The molecule has 4 unspecified atom stereocenters. The Kier molecular flexibility index (Phi) is 7.53. The molecule has 4 fully saturated rings. The van der Waals surface area contributed by atoms with Gasteiger partial charge in [0.2, 0.25) is 5.91 Å². The fourth-order valence-electron chi connectivity index (χ4n) is 7.96. The van der Waals surface area contributed by atoms with E-state index in [0.29, 0.717) is 36.3 Å². The van der Waals surface area contributed by atoms with Gasteiger partial charge in [-0.25, -0.2) is 0 Å². The average Bonchev–Trinajstić information content (AvgIpc) is 3.74. The Hall–Kier alpha value is -2.33. The maximum Gasteiger partial charge on any atom is 0.228 e. The first-order chi connectivity index (χ1) is 18.6. The van der Waals surface area contributed by atoms with Gasteiger partial charge in [0.25, 0.3) is 0 Å². The van der Waals surface area contributed by atoms with E-state index in [1.54, 1.807) is 0 Å². The van der Waals surface area contributed by atoms with Gasteiger partial charge < -0.3 is 15.0 Å². The molecule has 2 heterocycles. The molecule has 4 heteroatoms. The topological polar surface area (TPSA) is 41.6 Å². The van der Waals surface area contributed by atoms with E-state index >= 15 is 0 Å². The van der Waals surface area contributed by atoms with Gasteiger partial charge in [-0.15, -0.1) is 0 Å². The smallest absolute Gasteiger partial charge is 0.228 e. The second kappa shape index (κ2) is 11.0. The number of benzene rings is 2. The molecule has 1 amide bonds. The Balaban J connectivity index is 1.30. The van der Waals surface area contributed by atoms with Gasteiger partial charge in [-0.1, -0.05) is 74.7 Å². The predicted octanol–water partition coefficient (Wildman–Crippen LogP) is 6.79. The number of para-hydroxylation sites is 1. The second-order valence-electron chi connectivity index (χ2n) is 12.7. The van der Waals surface area contributed by atoms with Crippen LogP contribution in [0, 0.1) is 11.8 Å². The molecule has 2 saturated carbocycles. The number of hydrogen-bond acceptors (Lipinski definition) is 3. The number of hydrogen-bond donors (Lipinski definition) is 1. The van der Waals surface area contributed by atoms with Crippen molar-refractivity contribution >= 4 is 5.91 Å². The minimum Gasteiger partial charge on any atom is -0.493 e. The number of piperidine rings is 1. The van der Waals surface area contributed by atoms with Gasteiger partial charge in [-0.2, -0.15) is 0 Å². The largest absolute Gasteiger partial charge is 0.493 e. The van der Waals surface area contributed by atoms with Gasteiger partial charge in [-0.05, 0) is 74.3 Å². The first kappa shape index (κ1) is 25.9. The van der Waals surface area contributed by atoms with E-state index in [-0.39, 0.29) is 11.3 Å². The number of nitrogens with one attached hydrogen (secondary N) is 1. The average molecular weight is 515 g/mol. The molecule has 2 aliphatic carbocycles. The second-order valence-corrected chi connectivity index (χ2v) is 12.7. The summed E-state index contributed by atoms with van der Waals surface area (Å²) < 4.78 is 6.35. The lowest BCUT2D eigenvalue weighted by molar-refractivity contribution is -0.142. The van der Waals surface area contributed by atoms with Crippen LogP contribution in [0.25, 0.3) is 0 Å². The lowest BCUT2D eigenvalue weighted by atomic mass is 9.71.